The quantitative estimate of drug-likeness (QED) is 0.835. The van der Waals surface area contributed by atoms with E-state index in [1.807, 2.05) is 0 Å². The lowest BCUT2D eigenvalue weighted by Crippen LogP contribution is -2.05. The zero-order chi connectivity index (χ0) is 11.4. The lowest BCUT2D eigenvalue weighted by molar-refractivity contribution is -0.137. The fourth-order valence-electron chi connectivity index (χ4n) is 1.53. The van der Waals surface area contributed by atoms with Gasteiger partial charge in [0.25, 0.3) is 6.43 Å². The van der Waals surface area contributed by atoms with Gasteiger partial charge in [0.15, 0.2) is 0 Å². The number of benzene rings is 1. The molecule has 1 aromatic rings. The lowest BCUT2D eigenvalue weighted by atomic mass is 9.93. The summed E-state index contributed by atoms with van der Waals surface area (Å²) < 4.78 is 25.2. The smallest absolute Gasteiger partial charge is 0.303 e. The van der Waals surface area contributed by atoms with Crippen molar-refractivity contribution >= 4 is 5.97 Å². The zero-order valence-electron chi connectivity index (χ0n) is 8.28. The Kier molecular flexibility index (Phi) is 3.77. The summed E-state index contributed by atoms with van der Waals surface area (Å²) in [5.74, 6) is -1.38. The molecule has 4 heteroatoms. The fourth-order valence-corrected chi connectivity index (χ4v) is 1.53. The molecule has 0 radical (unpaired) electrons. The van der Waals surface area contributed by atoms with E-state index in [4.69, 9.17) is 5.11 Å². The Morgan fingerprint density at radius 3 is 2.33 bits per heavy atom. The molecule has 0 aliphatic rings. The predicted octanol–water partition coefficient (Wildman–Crippen LogP) is 3.20. The third-order valence-corrected chi connectivity index (χ3v) is 2.24. The molecule has 0 aliphatic heterocycles. The number of hydrogen-bond acceptors (Lipinski definition) is 1. The minimum atomic E-state index is -2.56. The van der Waals surface area contributed by atoms with Gasteiger partial charge in [0.1, 0.15) is 0 Å². The molecule has 0 saturated carbocycles. The second-order valence-corrected chi connectivity index (χ2v) is 3.43. The second kappa shape index (κ2) is 4.87. The van der Waals surface area contributed by atoms with Crippen LogP contribution in [0.25, 0.3) is 0 Å². The highest BCUT2D eigenvalue weighted by Crippen LogP contribution is 2.29. The van der Waals surface area contributed by atoms with Crippen molar-refractivity contribution in [1.29, 1.82) is 0 Å². The standard InChI is InChI=1S/C11H12F2O2/c1-7(6-10(14)15)8-4-2-3-5-9(8)11(12)13/h2-5,7,11H,6H2,1H3,(H,14,15). The van der Waals surface area contributed by atoms with Gasteiger partial charge in [-0.25, -0.2) is 8.78 Å². The maximum Gasteiger partial charge on any atom is 0.303 e. The van der Waals surface area contributed by atoms with Crippen LogP contribution in [-0.4, -0.2) is 11.1 Å². The van der Waals surface area contributed by atoms with Crippen LogP contribution in [0.4, 0.5) is 8.78 Å². The van der Waals surface area contributed by atoms with Crippen LogP contribution in [0.2, 0.25) is 0 Å². The van der Waals surface area contributed by atoms with E-state index in [9.17, 15) is 13.6 Å². The summed E-state index contributed by atoms with van der Waals surface area (Å²) in [6.07, 6.45) is -2.69. The number of hydrogen-bond donors (Lipinski definition) is 1. The van der Waals surface area contributed by atoms with Gasteiger partial charge >= 0.3 is 5.97 Å². The highest BCUT2D eigenvalue weighted by molar-refractivity contribution is 5.68. The Morgan fingerprint density at radius 1 is 1.33 bits per heavy atom. The second-order valence-electron chi connectivity index (χ2n) is 3.43. The number of carbonyl (C=O) groups is 1. The van der Waals surface area contributed by atoms with E-state index < -0.39 is 18.3 Å². The molecule has 0 heterocycles. The first kappa shape index (κ1) is 11.6. The van der Waals surface area contributed by atoms with Gasteiger partial charge in [0, 0.05) is 5.56 Å². The maximum absolute atomic E-state index is 12.6. The van der Waals surface area contributed by atoms with Crippen molar-refractivity contribution in [3.63, 3.8) is 0 Å². The minimum absolute atomic E-state index is 0.0775. The molecule has 0 spiro atoms. The molecule has 2 nitrogen and oxygen atoms in total. The molecular formula is C11H12F2O2. The molecule has 15 heavy (non-hydrogen) atoms. The van der Waals surface area contributed by atoms with E-state index in [0.29, 0.717) is 5.56 Å². The molecule has 1 rings (SSSR count). The topological polar surface area (TPSA) is 37.3 Å². The first-order valence-electron chi connectivity index (χ1n) is 4.61. The summed E-state index contributed by atoms with van der Waals surface area (Å²) >= 11 is 0. The Morgan fingerprint density at radius 2 is 1.87 bits per heavy atom. The fraction of sp³-hybridized carbons (Fsp3) is 0.364. The van der Waals surface area contributed by atoms with Gasteiger partial charge < -0.3 is 5.11 Å². The molecule has 0 amide bonds. The molecule has 1 N–H and O–H groups in total. The number of carboxylic acids is 1. The van der Waals surface area contributed by atoms with Crippen molar-refractivity contribution in [3.05, 3.63) is 35.4 Å². The Bertz CT molecular complexity index is 350. The van der Waals surface area contributed by atoms with Crippen molar-refractivity contribution in [2.45, 2.75) is 25.7 Å². The first-order chi connectivity index (χ1) is 7.02. The van der Waals surface area contributed by atoms with E-state index in [1.165, 1.54) is 12.1 Å². The van der Waals surface area contributed by atoms with Crippen LogP contribution in [0.5, 0.6) is 0 Å². The Hall–Kier alpha value is -1.45. The highest BCUT2D eigenvalue weighted by atomic mass is 19.3. The van der Waals surface area contributed by atoms with Crippen LogP contribution in [-0.2, 0) is 4.79 Å². The maximum atomic E-state index is 12.6. The summed E-state index contributed by atoms with van der Waals surface area (Å²) in [7, 11) is 0. The molecular weight excluding hydrogens is 202 g/mol. The van der Waals surface area contributed by atoms with E-state index in [2.05, 4.69) is 0 Å². The van der Waals surface area contributed by atoms with Crippen molar-refractivity contribution < 1.29 is 18.7 Å². The molecule has 82 valence electrons. The Balaban J connectivity index is 2.97. The van der Waals surface area contributed by atoms with Gasteiger partial charge in [-0.15, -0.1) is 0 Å². The molecule has 0 aliphatic carbocycles. The molecule has 1 unspecified atom stereocenters. The number of halogens is 2. The van der Waals surface area contributed by atoms with Crippen LogP contribution < -0.4 is 0 Å². The van der Waals surface area contributed by atoms with E-state index in [-0.39, 0.29) is 12.0 Å². The largest absolute Gasteiger partial charge is 0.481 e. The molecule has 0 saturated heterocycles. The number of carboxylic acid groups (broad SMARTS) is 1. The minimum Gasteiger partial charge on any atom is -0.481 e. The predicted molar refractivity (Wildman–Crippen MR) is 52.1 cm³/mol. The van der Waals surface area contributed by atoms with Gasteiger partial charge in [-0.1, -0.05) is 31.2 Å². The van der Waals surface area contributed by atoms with E-state index in [0.717, 1.165) is 0 Å². The van der Waals surface area contributed by atoms with Crippen molar-refractivity contribution in [1.82, 2.24) is 0 Å². The van der Waals surface area contributed by atoms with E-state index >= 15 is 0 Å². The third kappa shape index (κ3) is 3.01. The summed E-state index contributed by atoms with van der Waals surface area (Å²) in [5, 5.41) is 8.59. The normalized spacial score (nSPS) is 12.8. The summed E-state index contributed by atoms with van der Waals surface area (Å²) in [6.45, 7) is 1.63. The van der Waals surface area contributed by atoms with Crippen LogP contribution in [0.1, 0.15) is 36.8 Å². The highest BCUT2D eigenvalue weighted by Gasteiger charge is 2.18. The number of alkyl halides is 2. The van der Waals surface area contributed by atoms with E-state index in [1.54, 1.807) is 19.1 Å². The Labute approximate surface area is 86.5 Å². The van der Waals surface area contributed by atoms with Gasteiger partial charge in [0.2, 0.25) is 0 Å². The SMILES string of the molecule is CC(CC(=O)O)c1ccccc1C(F)F. The van der Waals surface area contributed by atoms with Crippen LogP contribution in [0.3, 0.4) is 0 Å². The van der Waals surface area contributed by atoms with Crippen molar-refractivity contribution in [2.75, 3.05) is 0 Å². The first-order valence-corrected chi connectivity index (χ1v) is 4.61. The van der Waals surface area contributed by atoms with Crippen molar-refractivity contribution in [2.24, 2.45) is 0 Å². The average molecular weight is 214 g/mol. The van der Waals surface area contributed by atoms with Gasteiger partial charge in [0.05, 0.1) is 6.42 Å². The third-order valence-electron chi connectivity index (χ3n) is 2.24. The molecule has 0 bridgehead atoms. The zero-order valence-corrected chi connectivity index (χ0v) is 8.28. The van der Waals surface area contributed by atoms with Crippen LogP contribution in [0, 0.1) is 0 Å². The molecule has 0 aromatic heterocycles. The monoisotopic (exact) mass is 214 g/mol. The molecule has 1 atom stereocenters. The molecule has 1 aromatic carbocycles. The summed E-state index contributed by atoms with van der Waals surface area (Å²) in [5.41, 5.74) is 0.334. The average Bonchev–Trinajstić information content (AvgIpc) is 2.16. The summed E-state index contributed by atoms with van der Waals surface area (Å²) in [4.78, 5) is 10.5. The molecule has 0 fully saturated rings. The van der Waals surface area contributed by atoms with Crippen LogP contribution in [0.15, 0.2) is 24.3 Å². The van der Waals surface area contributed by atoms with Gasteiger partial charge in [-0.3, -0.25) is 4.79 Å². The van der Waals surface area contributed by atoms with Crippen molar-refractivity contribution in [3.8, 4) is 0 Å². The lowest BCUT2D eigenvalue weighted by Gasteiger charge is -2.13. The summed E-state index contributed by atoms with van der Waals surface area (Å²) in [6, 6.07) is 6.05. The van der Waals surface area contributed by atoms with Gasteiger partial charge in [-0.05, 0) is 11.5 Å². The number of rotatable bonds is 4. The van der Waals surface area contributed by atoms with Gasteiger partial charge in [-0.2, -0.15) is 0 Å². The number of aliphatic carboxylic acids is 1. The van der Waals surface area contributed by atoms with Crippen LogP contribution >= 0.6 is 0 Å².